The maximum atomic E-state index is 12.0. The summed E-state index contributed by atoms with van der Waals surface area (Å²) in [6, 6.07) is 13.2. The largest absolute Gasteiger partial charge is 0.484 e. The Hall–Kier alpha value is -2.47. The van der Waals surface area contributed by atoms with Gasteiger partial charge in [-0.2, -0.15) is 8.75 Å². The normalized spacial score (nSPS) is 10.9. The zero-order valence-electron chi connectivity index (χ0n) is 12.9. The van der Waals surface area contributed by atoms with E-state index in [9.17, 15) is 4.79 Å². The molecule has 6 heteroatoms. The minimum absolute atomic E-state index is 0.0334. The first-order chi connectivity index (χ1) is 11.1. The molecule has 0 unspecified atom stereocenters. The Labute approximate surface area is 138 Å². The highest BCUT2D eigenvalue weighted by Crippen LogP contribution is 2.19. The fourth-order valence-corrected chi connectivity index (χ4v) is 2.67. The molecule has 0 aliphatic carbocycles. The first-order valence-corrected chi connectivity index (χ1v) is 8.10. The van der Waals surface area contributed by atoms with Crippen molar-refractivity contribution >= 4 is 34.4 Å². The van der Waals surface area contributed by atoms with E-state index in [1.54, 1.807) is 12.1 Å². The first-order valence-electron chi connectivity index (χ1n) is 7.37. The summed E-state index contributed by atoms with van der Waals surface area (Å²) in [6.07, 6.45) is 0. The van der Waals surface area contributed by atoms with E-state index in [0.717, 1.165) is 22.8 Å². The van der Waals surface area contributed by atoms with Crippen molar-refractivity contribution in [2.75, 3.05) is 11.9 Å². The van der Waals surface area contributed by atoms with Gasteiger partial charge in [-0.25, -0.2) is 0 Å². The maximum Gasteiger partial charge on any atom is 0.262 e. The summed E-state index contributed by atoms with van der Waals surface area (Å²) in [5.41, 5.74) is 3.54. The van der Waals surface area contributed by atoms with Crippen LogP contribution in [0, 0.1) is 0 Å². The predicted molar refractivity (Wildman–Crippen MR) is 92.1 cm³/mol. The molecule has 1 heterocycles. The highest BCUT2D eigenvalue weighted by molar-refractivity contribution is 7.00. The predicted octanol–water partition coefficient (Wildman–Crippen LogP) is 3.83. The molecule has 0 atom stereocenters. The number of rotatable bonds is 5. The lowest BCUT2D eigenvalue weighted by molar-refractivity contribution is -0.118. The van der Waals surface area contributed by atoms with Gasteiger partial charge in [-0.05, 0) is 41.8 Å². The molecule has 3 rings (SSSR count). The van der Waals surface area contributed by atoms with E-state index in [1.807, 2.05) is 30.3 Å². The second-order valence-electron chi connectivity index (χ2n) is 5.53. The van der Waals surface area contributed by atoms with E-state index in [4.69, 9.17) is 4.74 Å². The van der Waals surface area contributed by atoms with Gasteiger partial charge in [-0.15, -0.1) is 0 Å². The van der Waals surface area contributed by atoms with Crippen LogP contribution in [-0.4, -0.2) is 21.3 Å². The lowest BCUT2D eigenvalue weighted by Crippen LogP contribution is -2.20. The molecular formula is C17H17N3O2S. The second kappa shape index (κ2) is 6.75. The summed E-state index contributed by atoms with van der Waals surface area (Å²) in [7, 11) is 0. The monoisotopic (exact) mass is 327 g/mol. The van der Waals surface area contributed by atoms with Crippen molar-refractivity contribution < 1.29 is 9.53 Å². The summed E-state index contributed by atoms with van der Waals surface area (Å²) in [5.74, 6) is 0.951. The molecule has 1 amide bonds. The van der Waals surface area contributed by atoms with Gasteiger partial charge in [0.1, 0.15) is 16.8 Å². The van der Waals surface area contributed by atoms with E-state index in [0.29, 0.717) is 17.4 Å². The molecule has 0 bridgehead atoms. The molecule has 23 heavy (non-hydrogen) atoms. The molecule has 0 aliphatic heterocycles. The van der Waals surface area contributed by atoms with Crippen LogP contribution in [0.25, 0.3) is 11.0 Å². The van der Waals surface area contributed by atoms with Crippen LogP contribution in [0.2, 0.25) is 0 Å². The number of carbonyl (C=O) groups excluding carboxylic acids is 1. The topological polar surface area (TPSA) is 64.1 Å². The van der Waals surface area contributed by atoms with Gasteiger partial charge in [0.25, 0.3) is 5.91 Å². The Balaban J connectivity index is 1.56. The second-order valence-corrected chi connectivity index (χ2v) is 6.06. The zero-order valence-corrected chi connectivity index (χ0v) is 13.8. The van der Waals surface area contributed by atoms with Crippen LogP contribution in [-0.2, 0) is 4.79 Å². The van der Waals surface area contributed by atoms with Gasteiger partial charge >= 0.3 is 0 Å². The Morgan fingerprint density at radius 1 is 1.13 bits per heavy atom. The Kier molecular flexibility index (Phi) is 4.52. The first kappa shape index (κ1) is 15.4. The minimum atomic E-state index is -0.208. The third-order valence-electron chi connectivity index (χ3n) is 3.45. The van der Waals surface area contributed by atoms with Crippen LogP contribution < -0.4 is 10.1 Å². The molecule has 118 valence electrons. The molecule has 0 radical (unpaired) electrons. The Morgan fingerprint density at radius 3 is 2.61 bits per heavy atom. The van der Waals surface area contributed by atoms with Crippen molar-refractivity contribution in [1.29, 1.82) is 0 Å². The Bertz CT molecular complexity index is 812. The average molecular weight is 327 g/mol. The standard InChI is InChI=1S/C17H17N3O2S/c1-11(2)12-3-6-14(7-4-12)22-10-17(21)18-13-5-8-15-16(9-13)20-23-19-15/h3-9,11H,10H2,1-2H3,(H,18,21). The number of aromatic nitrogens is 2. The summed E-state index contributed by atoms with van der Waals surface area (Å²) in [4.78, 5) is 12.0. The van der Waals surface area contributed by atoms with Gasteiger partial charge in [-0.3, -0.25) is 4.79 Å². The molecule has 0 fully saturated rings. The maximum absolute atomic E-state index is 12.0. The molecular weight excluding hydrogens is 310 g/mol. The van der Waals surface area contributed by atoms with E-state index >= 15 is 0 Å². The van der Waals surface area contributed by atoms with Gasteiger partial charge in [0.05, 0.1) is 11.7 Å². The third-order valence-corrected chi connectivity index (χ3v) is 4.01. The number of hydrogen-bond acceptors (Lipinski definition) is 5. The van der Waals surface area contributed by atoms with Crippen LogP contribution in [0.3, 0.4) is 0 Å². The van der Waals surface area contributed by atoms with Crippen molar-refractivity contribution in [3.63, 3.8) is 0 Å². The SMILES string of the molecule is CC(C)c1ccc(OCC(=O)Nc2ccc3nsnc3c2)cc1. The van der Waals surface area contributed by atoms with Crippen molar-refractivity contribution in [3.8, 4) is 5.75 Å². The molecule has 0 saturated carbocycles. The van der Waals surface area contributed by atoms with Crippen molar-refractivity contribution in [1.82, 2.24) is 8.75 Å². The summed E-state index contributed by atoms with van der Waals surface area (Å²) in [6.45, 7) is 4.24. The van der Waals surface area contributed by atoms with Crippen LogP contribution in [0.1, 0.15) is 25.3 Å². The average Bonchev–Trinajstić information content (AvgIpc) is 3.01. The fraction of sp³-hybridized carbons (Fsp3) is 0.235. The van der Waals surface area contributed by atoms with E-state index in [-0.39, 0.29) is 12.5 Å². The van der Waals surface area contributed by atoms with Crippen molar-refractivity contribution in [3.05, 3.63) is 48.0 Å². The zero-order chi connectivity index (χ0) is 16.2. The quantitative estimate of drug-likeness (QED) is 0.773. The number of nitrogens with zero attached hydrogens (tertiary/aromatic N) is 2. The lowest BCUT2D eigenvalue weighted by atomic mass is 10.0. The number of fused-ring (bicyclic) bond motifs is 1. The molecule has 5 nitrogen and oxygen atoms in total. The van der Waals surface area contributed by atoms with Crippen molar-refractivity contribution in [2.24, 2.45) is 0 Å². The number of benzene rings is 2. The minimum Gasteiger partial charge on any atom is -0.484 e. The van der Waals surface area contributed by atoms with Crippen LogP contribution in [0.5, 0.6) is 5.75 Å². The highest BCUT2D eigenvalue weighted by atomic mass is 32.1. The smallest absolute Gasteiger partial charge is 0.262 e. The molecule has 1 aromatic heterocycles. The molecule has 3 aromatic rings. The number of anilines is 1. The van der Waals surface area contributed by atoms with Gasteiger partial charge in [-0.1, -0.05) is 26.0 Å². The van der Waals surface area contributed by atoms with Gasteiger partial charge < -0.3 is 10.1 Å². The molecule has 1 N–H and O–H groups in total. The number of carbonyl (C=O) groups is 1. The fourth-order valence-electron chi connectivity index (χ4n) is 2.15. The molecule has 2 aromatic carbocycles. The van der Waals surface area contributed by atoms with Crippen LogP contribution in [0.15, 0.2) is 42.5 Å². The molecule has 0 aliphatic rings. The van der Waals surface area contributed by atoms with Gasteiger partial charge in [0, 0.05) is 5.69 Å². The number of amides is 1. The van der Waals surface area contributed by atoms with Gasteiger partial charge in [0.2, 0.25) is 0 Å². The van der Waals surface area contributed by atoms with Crippen LogP contribution in [0.4, 0.5) is 5.69 Å². The number of nitrogens with one attached hydrogen (secondary N) is 1. The number of hydrogen-bond donors (Lipinski definition) is 1. The van der Waals surface area contributed by atoms with E-state index in [2.05, 4.69) is 27.9 Å². The van der Waals surface area contributed by atoms with E-state index in [1.165, 1.54) is 5.56 Å². The molecule has 0 spiro atoms. The third kappa shape index (κ3) is 3.84. The lowest BCUT2D eigenvalue weighted by Gasteiger charge is -2.09. The van der Waals surface area contributed by atoms with E-state index < -0.39 is 0 Å². The summed E-state index contributed by atoms with van der Waals surface area (Å²) >= 11 is 1.15. The highest BCUT2D eigenvalue weighted by Gasteiger charge is 2.06. The summed E-state index contributed by atoms with van der Waals surface area (Å²) in [5, 5.41) is 2.80. The van der Waals surface area contributed by atoms with Gasteiger partial charge in [0.15, 0.2) is 6.61 Å². The number of ether oxygens (including phenoxy) is 1. The summed E-state index contributed by atoms with van der Waals surface area (Å²) < 4.78 is 13.8. The Morgan fingerprint density at radius 2 is 1.87 bits per heavy atom. The molecule has 0 saturated heterocycles. The van der Waals surface area contributed by atoms with Crippen molar-refractivity contribution in [2.45, 2.75) is 19.8 Å². The van der Waals surface area contributed by atoms with Crippen LogP contribution >= 0.6 is 11.7 Å².